The number of benzene rings is 2. The molecule has 0 saturated heterocycles. The summed E-state index contributed by atoms with van der Waals surface area (Å²) in [5.41, 5.74) is 0.426. The fraction of sp³-hybridized carbons (Fsp3) is 0.125. The summed E-state index contributed by atoms with van der Waals surface area (Å²) in [5.74, 6) is -0.182. The van der Waals surface area contributed by atoms with Crippen molar-refractivity contribution in [1.29, 1.82) is 0 Å². The second-order valence-electron chi connectivity index (χ2n) is 4.25. The molecule has 0 N–H and O–H groups in total. The molecular formula is C16H13FO4. The Morgan fingerprint density at radius 1 is 1.05 bits per heavy atom. The first-order valence-electron chi connectivity index (χ1n) is 6.12. The SMILES string of the molecule is COc1ccc(C(=O)c2cc(F)ccc2C=O)cc1OC. The molecule has 2 aromatic carbocycles. The Morgan fingerprint density at radius 3 is 2.38 bits per heavy atom. The number of hydrogen-bond acceptors (Lipinski definition) is 4. The minimum absolute atomic E-state index is 0.0113. The Balaban J connectivity index is 2.49. The maximum atomic E-state index is 13.3. The summed E-state index contributed by atoms with van der Waals surface area (Å²) >= 11 is 0. The van der Waals surface area contributed by atoms with Crippen LogP contribution in [0, 0.1) is 5.82 Å². The Kier molecular flexibility index (Phi) is 4.33. The Labute approximate surface area is 121 Å². The van der Waals surface area contributed by atoms with Crippen molar-refractivity contribution < 1.29 is 23.5 Å². The zero-order valence-corrected chi connectivity index (χ0v) is 11.6. The van der Waals surface area contributed by atoms with E-state index in [1.165, 1.54) is 32.4 Å². The first kappa shape index (κ1) is 14.7. The lowest BCUT2D eigenvalue weighted by Gasteiger charge is -2.10. The second kappa shape index (κ2) is 6.17. The molecule has 108 valence electrons. The number of hydrogen-bond donors (Lipinski definition) is 0. The lowest BCUT2D eigenvalue weighted by Crippen LogP contribution is -2.06. The lowest BCUT2D eigenvalue weighted by molar-refractivity contribution is 0.102. The standard InChI is InChI=1S/C16H13FO4/c1-20-14-6-4-10(7-15(14)21-2)16(19)13-8-12(17)5-3-11(13)9-18/h3-9H,1-2H3. The number of halogens is 1. The van der Waals surface area contributed by atoms with E-state index in [0.29, 0.717) is 17.8 Å². The molecule has 0 aromatic heterocycles. The highest BCUT2D eigenvalue weighted by molar-refractivity contribution is 6.13. The van der Waals surface area contributed by atoms with Gasteiger partial charge in [-0.3, -0.25) is 9.59 Å². The van der Waals surface area contributed by atoms with Crippen LogP contribution < -0.4 is 9.47 Å². The first-order valence-corrected chi connectivity index (χ1v) is 6.12. The highest BCUT2D eigenvalue weighted by Gasteiger charge is 2.16. The van der Waals surface area contributed by atoms with Crippen LogP contribution in [0.25, 0.3) is 0 Å². The molecule has 0 aliphatic carbocycles. The number of carbonyl (C=O) groups excluding carboxylic acids is 2. The number of carbonyl (C=O) groups is 2. The summed E-state index contributed by atoms with van der Waals surface area (Å²) in [4.78, 5) is 23.4. The molecule has 0 atom stereocenters. The molecule has 0 saturated carbocycles. The zero-order valence-electron chi connectivity index (χ0n) is 11.6. The molecule has 5 heteroatoms. The molecular weight excluding hydrogens is 275 g/mol. The minimum Gasteiger partial charge on any atom is -0.493 e. The van der Waals surface area contributed by atoms with Crippen molar-refractivity contribution in [3.05, 3.63) is 58.9 Å². The molecule has 0 amide bonds. The number of ether oxygens (including phenoxy) is 2. The van der Waals surface area contributed by atoms with Crippen molar-refractivity contribution >= 4 is 12.1 Å². The molecule has 0 aliphatic heterocycles. The molecule has 4 nitrogen and oxygen atoms in total. The minimum atomic E-state index is -0.579. The summed E-state index contributed by atoms with van der Waals surface area (Å²) < 4.78 is 23.5. The normalized spacial score (nSPS) is 10.0. The van der Waals surface area contributed by atoms with Crippen LogP contribution in [0.3, 0.4) is 0 Å². The largest absolute Gasteiger partial charge is 0.493 e. The van der Waals surface area contributed by atoms with Gasteiger partial charge in [-0.25, -0.2) is 4.39 Å². The third kappa shape index (κ3) is 2.91. The van der Waals surface area contributed by atoms with Crippen LogP contribution in [0.4, 0.5) is 4.39 Å². The van der Waals surface area contributed by atoms with Crippen LogP contribution in [0.5, 0.6) is 11.5 Å². The van der Waals surface area contributed by atoms with Crippen LogP contribution in [0.1, 0.15) is 26.3 Å². The summed E-state index contributed by atoms with van der Waals surface area (Å²) in [5, 5.41) is 0. The summed E-state index contributed by atoms with van der Waals surface area (Å²) in [6.07, 6.45) is 0.521. The van der Waals surface area contributed by atoms with Crippen molar-refractivity contribution in [3.8, 4) is 11.5 Å². The van der Waals surface area contributed by atoms with Gasteiger partial charge in [-0.15, -0.1) is 0 Å². The van der Waals surface area contributed by atoms with Gasteiger partial charge in [0.15, 0.2) is 23.6 Å². The lowest BCUT2D eigenvalue weighted by atomic mass is 9.98. The highest BCUT2D eigenvalue weighted by atomic mass is 19.1. The van der Waals surface area contributed by atoms with Gasteiger partial charge in [-0.2, -0.15) is 0 Å². The monoisotopic (exact) mass is 288 g/mol. The van der Waals surface area contributed by atoms with E-state index >= 15 is 0 Å². The number of rotatable bonds is 5. The van der Waals surface area contributed by atoms with Gasteiger partial charge in [0, 0.05) is 16.7 Å². The van der Waals surface area contributed by atoms with E-state index in [1.807, 2.05) is 0 Å². The molecule has 0 spiro atoms. The van der Waals surface area contributed by atoms with Crippen molar-refractivity contribution in [2.24, 2.45) is 0 Å². The number of aldehydes is 1. The van der Waals surface area contributed by atoms with E-state index in [9.17, 15) is 14.0 Å². The molecule has 2 rings (SSSR count). The summed E-state index contributed by atoms with van der Waals surface area (Å²) in [6.45, 7) is 0. The Bertz CT molecular complexity index is 695. The molecule has 0 radical (unpaired) electrons. The molecule has 2 aromatic rings. The third-order valence-corrected chi connectivity index (χ3v) is 3.03. The van der Waals surface area contributed by atoms with Gasteiger partial charge in [0.05, 0.1) is 14.2 Å². The van der Waals surface area contributed by atoms with Crippen LogP contribution in [0.2, 0.25) is 0 Å². The fourth-order valence-electron chi connectivity index (χ4n) is 1.96. The Morgan fingerprint density at radius 2 is 1.76 bits per heavy atom. The maximum Gasteiger partial charge on any atom is 0.193 e. The van der Waals surface area contributed by atoms with Gasteiger partial charge >= 0.3 is 0 Å². The summed E-state index contributed by atoms with van der Waals surface area (Å²) in [6, 6.07) is 8.05. The van der Waals surface area contributed by atoms with Crippen LogP contribution >= 0.6 is 0 Å². The van der Waals surface area contributed by atoms with Crippen LogP contribution in [-0.2, 0) is 0 Å². The van der Waals surface area contributed by atoms with Crippen LogP contribution in [-0.4, -0.2) is 26.3 Å². The zero-order chi connectivity index (χ0) is 15.4. The second-order valence-corrected chi connectivity index (χ2v) is 4.25. The number of methoxy groups -OCH3 is 2. The predicted molar refractivity (Wildman–Crippen MR) is 74.8 cm³/mol. The molecule has 0 heterocycles. The molecule has 0 bridgehead atoms. The van der Waals surface area contributed by atoms with Gasteiger partial charge in [-0.1, -0.05) is 0 Å². The average Bonchev–Trinajstić information content (AvgIpc) is 2.53. The molecule has 0 aliphatic rings. The molecule has 21 heavy (non-hydrogen) atoms. The maximum absolute atomic E-state index is 13.3. The quantitative estimate of drug-likeness (QED) is 0.627. The van der Waals surface area contributed by atoms with Gasteiger partial charge < -0.3 is 9.47 Å². The molecule has 0 fully saturated rings. The van der Waals surface area contributed by atoms with Gasteiger partial charge in [0.2, 0.25) is 0 Å². The van der Waals surface area contributed by atoms with Crippen LogP contribution in [0.15, 0.2) is 36.4 Å². The van der Waals surface area contributed by atoms with Gasteiger partial charge in [0.1, 0.15) is 5.82 Å². The molecule has 0 unspecified atom stereocenters. The van der Waals surface area contributed by atoms with E-state index in [2.05, 4.69) is 0 Å². The Hall–Kier alpha value is -2.69. The smallest absolute Gasteiger partial charge is 0.193 e. The third-order valence-electron chi connectivity index (χ3n) is 3.03. The van der Waals surface area contributed by atoms with E-state index in [-0.39, 0.29) is 16.7 Å². The van der Waals surface area contributed by atoms with Crippen molar-refractivity contribution in [3.63, 3.8) is 0 Å². The highest BCUT2D eigenvalue weighted by Crippen LogP contribution is 2.28. The van der Waals surface area contributed by atoms with Crippen molar-refractivity contribution in [1.82, 2.24) is 0 Å². The first-order chi connectivity index (χ1) is 10.1. The van der Waals surface area contributed by atoms with E-state index in [4.69, 9.17) is 9.47 Å². The number of ketones is 1. The van der Waals surface area contributed by atoms with E-state index < -0.39 is 11.6 Å². The predicted octanol–water partition coefficient (Wildman–Crippen LogP) is 2.89. The van der Waals surface area contributed by atoms with E-state index in [1.54, 1.807) is 6.07 Å². The van der Waals surface area contributed by atoms with Gasteiger partial charge in [-0.05, 0) is 36.4 Å². The van der Waals surface area contributed by atoms with Crippen molar-refractivity contribution in [2.45, 2.75) is 0 Å². The van der Waals surface area contributed by atoms with Crippen molar-refractivity contribution in [2.75, 3.05) is 14.2 Å². The average molecular weight is 288 g/mol. The van der Waals surface area contributed by atoms with Gasteiger partial charge in [0.25, 0.3) is 0 Å². The topological polar surface area (TPSA) is 52.6 Å². The summed E-state index contributed by atoms with van der Waals surface area (Å²) in [7, 11) is 2.93. The fourth-order valence-corrected chi connectivity index (χ4v) is 1.96. The van der Waals surface area contributed by atoms with E-state index in [0.717, 1.165) is 12.1 Å².